The summed E-state index contributed by atoms with van der Waals surface area (Å²) in [6, 6.07) is 5.00. The molecule has 0 atom stereocenters. The summed E-state index contributed by atoms with van der Waals surface area (Å²) in [5.74, 6) is 4.32. The fourth-order valence-electron chi connectivity index (χ4n) is 1.46. The number of carbonyl (C=O) groups excluding carboxylic acids is 1. The van der Waals surface area contributed by atoms with Gasteiger partial charge in [0.1, 0.15) is 0 Å². The summed E-state index contributed by atoms with van der Waals surface area (Å²) in [5, 5.41) is 0.469. The summed E-state index contributed by atoms with van der Waals surface area (Å²) in [6.45, 7) is 0. The van der Waals surface area contributed by atoms with Gasteiger partial charge in [-0.3, -0.25) is 4.79 Å². The normalized spacial score (nSPS) is 9.67. The molecular weight excluding hydrogens is 232 g/mol. The number of carbonyl (C=O) groups is 1. The molecule has 0 radical (unpaired) electrons. The Morgan fingerprint density at radius 3 is 2.94 bits per heavy atom. The van der Waals surface area contributed by atoms with Crippen LogP contribution in [-0.2, 0) is 16.6 Å². The van der Waals surface area contributed by atoms with Crippen LogP contribution in [0.5, 0.6) is 0 Å². The molecule has 1 heterocycles. The molecule has 1 aromatic carbocycles. The SMILES string of the molecule is COC(=O)C#Cc1ccc2ncn(C)c(=O)c2c1. The molecule has 90 valence electrons. The standard InChI is InChI=1S/C13H10N2O3/c1-15-8-14-11-5-3-9(4-6-12(16)18-2)7-10(11)13(15)17/h3,5,7-8H,1-2H3. The number of hydrogen-bond acceptors (Lipinski definition) is 4. The molecule has 2 aromatic rings. The summed E-state index contributed by atoms with van der Waals surface area (Å²) in [5.41, 5.74) is 1.02. The maximum absolute atomic E-state index is 11.9. The third-order valence-corrected chi connectivity index (χ3v) is 2.41. The predicted octanol–water partition coefficient (Wildman–Crippen LogP) is 0.458. The molecule has 5 heteroatoms. The molecule has 2 rings (SSSR count). The first kappa shape index (κ1) is 11.9. The molecule has 0 bridgehead atoms. The highest BCUT2D eigenvalue weighted by Crippen LogP contribution is 2.08. The monoisotopic (exact) mass is 242 g/mol. The molecule has 5 nitrogen and oxygen atoms in total. The second kappa shape index (κ2) is 4.72. The Kier molecular flexibility index (Phi) is 3.11. The van der Waals surface area contributed by atoms with Crippen molar-refractivity contribution >= 4 is 16.9 Å². The van der Waals surface area contributed by atoms with Gasteiger partial charge in [0.25, 0.3) is 5.56 Å². The van der Waals surface area contributed by atoms with Crippen LogP contribution in [0.15, 0.2) is 29.3 Å². The highest BCUT2D eigenvalue weighted by atomic mass is 16.5. The van der Waals surface area contributed by atoms with E-state index in [2.05, 4.69) is 21.6 Å². The zero-order chi connectivity index (χ0) is 13.1. The second-order valence-electron chi connectivity index (χ2n) is 3.63. The number of aryl methyl sites for hydroxylation is 1. The lowest BCUT2D eigenvalue weighted by molar-refractivity contribution is -0.133. The number of ether oxygens (including phenoxy) is 1. The molecule has 0 saturated heterocycles. The topological polar surface area (TPSA) is 61.2 Å². The zero-order valence-electron chi connectivity index (χ0n) is 9.93. The number of nitrogens with zero attached hydrogens (tertiary/aromatic N) is 2. The zero-order valence-corrected chi connectivity index (χ0v) is 9.93. The predicted molar refractivity (Wildman–Crippen MR) is 65.9 cm³/mol. The van der Waals surface area contributed by atoms with Gasteiger partial charge >= 0.3 is 5.97 Å². The first-order valence-corrected chi connectivity index (χ1v) is 5.17. The van der Waals surface area contributed by atoms with Crippen LogP contribution in [0.2, 0.25) is 0 Å². The van der Waals surface area contributed by atoms with Gasteiger partial charge in [0.05, 0.1) is 24.3 Å². The van der Waals surface area contributed by atoms with E-state index in [0.29, 0.717) is 16.5 Å². The van der Waals surface area contributed by atoms with Crippen LogP contribution in [0.3, 0.4) is 0 Å². The summed E-state index contributed by atoms with van der Waals surface area (Å²) in [4.78, 5) is 26.9. The lowest BCUT2D eigenvalue weighted by Gasteiger charge is -2.00. The Bertz CT molecular complexity index is 735. The van der Waals surface area contributed by atoms with Gasteiger partial charge in [-0.1, -0.05) is 5.92 Å². The summed E-state index contributed by atoms with van der Waals surface area (Å²) < 4.78 is 5.80. The molecule has 0 saturated carbocycles. The summed E-state index contributed by atoms with van der Waals surface area (Å²) in [7, 11) is 2.89. The molecule has 0 aliphatic rings. The number of fused-ring (bicyclic) bond motifs is 1. The molecule has 0 aliphatic carbocycles. The minimum absolute atomic E-state index is 0.151. The van der Waals surface area contributed by atoms with E-state index in [1.807, 2.05) is 0 Å². The number of methoxy groups -OCH3 is 1. The summed E-state index contributed by atoms with van der Waals surface area (Å²) in [6.07, 6.45) is 1.46. The van der Waals surface area contributed by atoms with Gasteiger partial charge in [0.2, 0.25) is 0 Å². The van der Waals surface area contributed by atoms with E-state index >= 15 is 0 Å². The fourth-order valence-corrected chi connectivity index (χ4v) is 1.46. The van der Waals surface area contributed by atoms with Crippen molar-refractivity contribution in [3.63, 3.8) is 0 Å². The van der Waals surface area contributed by atoms with Gasteiger partial charge in [-0.25, -0.2) is 9.78 Å². The Hall–Kier alpha value is -2.61. The maximum Gasteiger partial charge on any atom is 0.384 e. The number of esters is 1. The van der Waals surface area contributed by atoms with E-state index < -0.39 is 5.97 Å². The third kappa shape index (κ3) is 2.23. The van der Waals surface area contributed by atoms with Crippen LogP contribution >= 0.6 is 0 Å². The molecule has 0 spiro atoms. The van der Waals surface area contributed by atoms with E-state index in [-0.39, 0.29) is 5.56 Å². The lowest BCUT2D eigenvalue weighted by atomic mass is 10.1. The lowest BCUT2D eigenvalue weighted by Crippen LogP contribution is -2.16. The summed E-state index contributed by atoms with van der Waals surface area (Å²) >= 11 is 0. The first-order valence-electron chi connectivity index (χ1n) is 5.17. The van der Waals surface area contributed by atoms with Crippen molar-refractivity contribution in [3.8, 4) is 11.8 Å². The van der Waals surface area contributed by atoms with Gasteiger partial charge in [-0.15, -0.1) is 0 Å². The molecule has 0 fully saturated rings. The quantitative estimate of drug-likeness (QED) is 0.497. The Balaban J connectivity index is 2.55. The van der Waals surface area contributed by atoms with Crippen molar-refractivity contribution in [2.75, 3.05) is 7.11 Å². The van der Waals surface area contributed by atoms with Crippen molar-refractivity contribution in [1.29, 1.82) is 0 Å². The van der Waals surface area contributed by atoms with Crippen molar-refractivity contribution in [3.05, 3.63) is 40.4 Å². The van der Waals surface area contributed by atoms with Gasteiger partial charge in [0, 0.05) is 18.5 Å². The molecule has 0 aliphatic heterocycles. The van der Waals surface area contributed by atoms with E-state index in [0.717, 1.165) is 0 Å². The Labute approximate surface area is 103 Å². The highest BCUT2D eigenvalue weighted by molar-refractivity contribution is 5.89. The molecular formula is C13H10N2O3. The maximum atomic E-state index is 11.9. The Morgan fingerprint density at radius 1 is 1.44 bits per heavy atom. The van der Waals surface area contributed by atoms with Crippen LogP contribution in [0, 0.1) is 11.8 Å². The van der Waals surface area contributed by atoms with Crippen molar-refractivity contribution < 1.29 is 9.53 Å². The van der Waals surface area contributed by atoms with Gasteiger partial charge in [-0.05, 0) is 18.2 Å². The van der Waals surface area contributed by atoms with Crippen LogP contribution in [0.1, 0.15) is 5.56 Å². The number of benzene rings is 1. The average Bonchev–Trinajstić information content (AvgIpc) is 2.40. The smallest absolute Gasteiger partial charge is 0.384 e. The van der Waals surface area contributed by atoms with Crippen LogP contribution < -0.4 is 5.56 Å². The van der Waals surface area contributed by atoms with Crippen molar-refractivity contribution in [1.82, 2.24) is 9.55 Å². The third-order valence-electron chi connectivity index (χ3n) is 2.41. The van der Waals surface area contributed by atoms with E-state index in [4.69, 9.17) is 0 Å². The second-order valence-corrected chi connectivity index (χ2v) is 3.63. The van der Waals surface area contributed by atoms with Gasteiger partial charge in [-0.2, -0.15) is 0 Å². The number of hydrogen-bond donors (Lipinski definition) is 0. The van der Waals surface area contributed by atoms with Crippen LogP contribution in [-0.4, -0.2) is 22.6 Å². The largest absolute Gasteiger partial charge is 0.459 e. The van der Waals surface area contributed by atoms with E-state index in [1.165, 1.54) is 18.0 Å². The van der Waals surface area contributed by atoms with E-state index in [1.54, 1.807) is 25.2 Å². The van der Waals surface area contributed by atoms with Crippen LogP contribution in [0.4, 0.5) is 0 Å². The van der Waals surface area contributed by atoms with Gasteiger partial charge in [0.15, 0.2) is 0 Å². The minimum Gasteiger partial charge on any atom is -0.459 e. The molecule has 0 amide bonds. The Morgan fingerprint density at radius 2 is 2.22 bits per heavy atom. The molecule has 0 unspecified atom stereocenters. The fraction of sp³-hybridized carbons (Fsp3) is 0.154. The highest BCUT2D eigenvalue weighted by Gasteiger charge is 2.02. The molecule has 0 N–H and O–H groups in total. The first-order chi connectivity index (χ1) is 8.61. The molecule has 18 heavy (non-hydrogen) atoms. The molecule has 1 aromatic heterocycles. The number of aromatic nitrogens is 2. The number of rotatable bonds is 0. The minimum atomic E-state index is -0.616. The average molecular weight is 242 g/mol. The van der Waals surface area contributed by atoms with Crippen molar-refractivity contribution in [2.45, 2.75) is 0 Å². The van der Waals surface area contributed by atoms with Crippen molar-refractivity contribution in [2.24, 2.45) is 7.05 Å². The van der Waals surface area contributed by atoms with Crippen LogP contribution in [0.25, 0.3) is 10.9 Å². The van der Waals surface area contributed by atoms with Gasteiger partial charge < -0.3 is 9.30 Å². The van der Waals surface area contributed by atoms with E-state index in [9.17, 15) is 9.59 Å².